The van der Waals surface area contributed by atoms with Crippen LogP contribution in [0.5, 0.6) is 0 Å². The Balaban J connectivity index is 2.27. The summed E-state index contributed by atoms with van der Waals surface area (Å²) < 4.78 is 26.5. The molecule has 0 saturated carbocycles. The molecule has 0 amide bonds. The van der Waals surface area contributed by atoms with E-state index >= 15 is 0 Å². The molecule has 100 valence electrons. The van der Waals surface area contributed by atoms with E-state index in [0.717, 1.165) is 18.4 Å². The van der Waals surface area contributed by atoms with Crippen molar-refractivity contribution in [3.8, 4) is 0 Å². The van der Waals surface area contributed by atoms with Crippen LogP contribution in [-0.4, -0.2) is 37.0 Å². The standard InChI is InChI=1S/C13H19NO3S/c1-11-4-6-13(7-5-11)18(16,17)14-9-2-3-12(14)8-10-15/h4-7,12,15H,2-3,8-10H2,1H3/t12-/m0/s1. The molecule has 18 heavy (non-hydrogen) atoms. The lowest BCUT2D eigenvalue weighted by Gasteiger charge is -2.23. The van der Waals surface area contributed by atoms with Gasteiger partial charge in [-0.05, 0) is 38.3 Å². The molecule has 1 atom stereocenters. The lowest BCUT2D eigenvalue weighted by Crippen LogP contribution is -2.36. The molecule has 1 aromatic rings. The minimum atomic E-state index is -3.40. The van der Waals surface area contributed by atoms with E-state index in [1.165, 1.54) is 4.31 Å². The molecule has 1 aromatic carbocycles. The first-order valence-electron chi connectivity index (χ1n) is 6.25. The average molecular weight is 269 g/mol. The molecule has 0 unspecified atom stereocenters. The summed E-state index contributed by atoms with van der Waals surface area (Å²) in [6, 6.07) is 6.87. The number of hydrogen-bond acceptors (Lipinski definition) is 3. The highest BCUT2D eigenvalue weighted by Gasteiger charge is 2.34. The molecule has 1 saturated heterocycles. The molecule has 0 aromatic heterocycles. The molecular formula is C13H19NO3S. The van der Waals surface area contributed by atoms with Gasteiger partial charge in [-0.25, -0.2) is 8.42 Å². The van der Waals surface area contributed by atoms with Crippen LogP contribution in [0.3, 0.4) is 0 Å². The third kappa shape index (κ3) is 2.58. The number of rotatable bonds is 4. The van der Waals surface area contributed by atoms with Crippen molar-refractivity contribution in [2.75, 3.05) is 13.2 Å². The Hall–Kier alpha value is -0.910. The van der Waals surface area contributed by atoms with E-state index in [0.29, 0.717) is 17.9 Å². The predicted molar refractivity (Wildman–Crippen MR) is 69.8 cm³/mol. The van der Waals surface area contributed by atoms with Gasteiger partial charge < -0.3 is 5.11 Å². The zero-order valence-electron chi connectivity index (χ0n) is 10.5. The van der Waals surface area contributed by atoms with Crippen LogP contribution in [0.1, 0.15) is 24.8 Å². The first kappa shape index (κ1) is 13.5. The van der Waals surface area contributed by atoms with Crippen molar-refractivity contribution in [1.29, 1.82) is 0 Å². The van der Waals surface area contributed by atoms with Crippen LogP contribution in [-0.2, 0) is 10.0 Å². The molecule has 1 N–H and O–H groups in total. The van der Waals surface area contributed by atoms with Gasteiger partial charge in [0.25, 0.3) is 0 Å². The third-order valence-electron chi connectivity index (χ3n) is 3.41. The van der Waals surface area contributed by atoms with Crippen molar-refractivity contribution in [2.45, 2.75) is 37.1 Å². The van der Waals surface area contributed by atoms with Crippen molar-refractivity contribution < 1.29 is 13.5 Å². The Bertz CT molecular complexity index is 495. The highest BCUT2D eigenvalue weighted by atomic mass is 32.2. The predicted octanol–water partition coefficient (Wildman–Crippen LogP) is 1.53. The first-order chi connectivity index (χ1) is 8.55. The van der Waals surface area contributed by atoms with Crippen LogP contribution in [0, 0.1) is 6.92 Å². The van der Waals surface area contributed by atoms with Crippen LogP contribution >= 0.6 is 0 Å². The van der Waals surface area contributed by atoms with Crippen LogP contribution in [0.15, 0.2) is 29.2 Å². The van der Waals surface area contributed by atoms with E-state index < -0.39 is 10.0 Å². The van der Waals surface area contributed by atoms with Crippen molar-refractivity contribution in [3.63, 3.8) is 0 Å². The van der Waals surface area contributed by atoms with E-state index in [1.54, 1.807) is 12.1 Å². The molecule has 1 heterocycles. The number of aryl methyl sites for hydroxylation is 1. The van der Waals surface area contributed by atoms with Crippen LogP contribution < -0.4 is 0 Å². The van der Waals surface area contributed by atoms with Gasteiger partial charge in [-0.3, -0.25) is 0 Å². The minimum absolute atomic E-state index is 0.0323. The van der Waals surface area contributed by atoms with Gasteiger partial charge in [0, 0.05) is 19.2 Å². The first-order valence-corrected chi connectivity index (χ1v) is 7.69. The summed E-state index contributed by atoms with van der Waals surface area (Å²) in [4.78, 5) is 0.345. The molecule has 0 aliphatic carbocycles. The van der Waals surface area contributed by atoms with Crippen molar-refractivity contribution >= 4 is 10.0 Å². The number of nitrogens with zero attached hydrogens (tertiary/aromatic N) is 1. The van der Waals surface area contributed by atoms with E-state index in [-0.39, 0.29) is 12.6 Å². The molecule has 1 aliphatic rings. The topological polar surface area (TPSA) is 57.6 Å². The van der Waals surface area contributed by atoms with Gasteiger partial charge in [-0.15, -0.1) is 0 Å². The minimum Gasteiger partial charge on any atom is -0.396 e. The Morgan fingerprint density at radius 2 is 2.00 bits per heavy atom. The summed E-state index contributed by atoms with van der Waals surface area (Å²) in [5, 5.41) is 9.00. The second-order valence-electron chi connectivity index (χ2n) is 4.74. The number of aliphatic hydroxyl groups excluding tert-OH is 1. The molecule has 0 radical (unpaired) electrons. The lowest BCUT2D eigenvalue weighted by molar-refractivity contribution is 0.246. The Morgan fingerprint density at radius 1 is 1.33 bits per heavy atom. The molecule has 1 fully saturated rings. The molecule has 2 rings (SSSR count). The van der Waals surface area contributed by atoms with Gasteiger partial charge >= 0.3 is 0 Å². The largest absolute Gasteiger partial charge is 0.396 e. The highest BCUT2D eigenvalue weighted by Crippen LogP contribution is 2.27. The summed E-state index contributed by atoms with van der Waals surface area (Å²) in [5.74, 6) is 0. The van der Waals surface area contributed by atoms with Gasteiger partial charge in [-0.2, -0.15) is 4.31 Å². The Morgan fingerprint density at radius 3 is 2.61 bits per heavy atom. The summed E-state index contributed by atoms with van der Waals surface area (Å²) >= 11 is 0. The summed E-state index contributed by atoms with van der Waals surface area (Å²) in [7, 11) is -3.40. The summed E-state index contributed by atoms with van der Waals surface area (Å²) in [6.07, 6.45) is 2.23. The van der Waals surface area contributed by atoms with E-state index in [2.05, 4.69) is 0 Å². The fraction of sp³-hybridized carbons (Fsp3) is 0.538. The molecular weight excluding hydrogens is 250 g/mol. The zero-order valence-corrected chi connectivity index (χ0v) is 11.4. The van der Waals surface area contributed by atoms with Crippen molar-refractivity contribution in [3.05, 3.63) is 29.8 Å². The summed E-state index contributed by atoms with van der Waals surface area (Å²) in [6.45, 7) is 2.52. The summed E-state index contributed by atoms with van der Waals surface area (Å²) in [5.41, 5.74) is 1.04. The SMILES string of the molecule is Cc1ccc(S(=O)(=O)N2CCC[C@H]2CCO)cc1. The second-order valence-corrected chi connectivity index (χ2v) is 6.63. The number of aliphatic hydroxyl groups is 1. The highest BCUT2D eigenvalue weighted by molar-refractivity contribution is 7.89. The number of benzene rings is 1. The quantitative estimate of drug-likeness (QED) is 0.902. The van der Waals surface area contributed by atoms with Crippen LogP contribution in [0.2, 0.25) is 0 Å². The Kier molecular flexibility index (Phi) is 4.04. The normalized spacial score (nSPS) is 21.3. The smallest absolute Gasteiger partial charge is 0.243 e. The van der Waals surface area contributed by atoms with Gasteiger partial charge in [0.05, 0.1) is 4.90 Å². The van der Waals surface area contributed by atoms with Crippen molar-refractivity contribution in [2.24, 2.45) is 0 Å². The lowest BCUT2D eigenvalue weighted by atomic mass is 10.2. The van der Waals surface area contributed by atoms with Gasteiger partial charge in [0.15, 0.2) is 0 Å². The maximum Gasteiger partial charge on any atom is 0.243 e. The number of hydrogen-bond donors (Lipinski definition) is 1. The fourth-order valence-electron chi connectivity index (χ4n) is 2.41. The maximum absolute atomic E-state index is 12.5. The number of sulfonamides is 1. The van der Waals surface area contributed by atoms with E-state index in [4.69, 9.17) is 5.11 Å². The zero-order chi connectivity index (χ0) is 13.2. The van der Waals surface area contributed by atoms with Gasteiger partial charge in [0.2, 0.25) is 10.0 Å². The molecule has 0 spiro atoms. The van der Waals surface area contributed by atoms with Crippen molar-refractivity contribution in [1.82, 2.24) is 4.31 Å². The molecule has 1 aliphatic heterocycles. The second kappa shape index (κ2) is 5.38. The third-order valence-corrected chi connectivity index (χ3v) is 5.38. The van der Waals surface area contributed by atoms with Gasteiger partial charge in [-0.1, -0.05) is 17.7 Å². The molecule has 4 nitrogen and oxygen atoms in total. The maximum atomic E-state index is 12.5. The van der Waals surface area contributed by atoms with Crippen LogP contribution in [0.4, 0.5) is 0 Å². The molecule has 5 heteroatoms. The van der Waals surface area contributed by atoms with Crippen LogP contribution in [0.25, 0.3) is 0 Å². The van der Waals surface area contributed by atoms with E-state index in [9.17, 15) is 8.42 Å². The molecule has 0 bridgehead atoms. The van der Waals surface area contributed by atoms with Gasteiger partial charge in [0.1, 0.15) is 0 Å². The Labute approximate surface area is 108 Å². The average Bonchev–Trinajstić information content (AvgIpc) is 2.79. The monoisotopic (exact) mass is 269 g/mol. The van der Waals surface area contributed by atoms with E-state index in [1.807, 2.05) is 19.1 Å². The fourth-order valence-corrected chi connectivity index (χ4v) is 4.13.